The van der Waals surface area contributed by atoms with E-state index in [-0.39, 0.29) is 12.1 Å². The van der Waals surface area contributed by atoms with E-state index in [0.717, 1.165) is 17.9 Å². The van der Waals surface area contributed by atoms with Gasteiger partial charge in [-0.15, -0.1) is 0 Å². The lowest BCUT2D eigenvalue weighted by Crippen LogP contribution is -2.27. The molecular formula is C25H25N3. The Balaban J connectivity index is 1.63. The van der Waals surface area contributed by atoms with E-state index in [0.29, 0.717) is 5.92 Å². The predicted molar refractivity (Wildman–Crippen MR) is 116 cm³/mol. The third kappa shape index (κ3) is 2.88. The van der Waals surface area contributed by atoms with E-state index < -0.39 is 0 Å². The number of fused-ring (bicyclic) bond motifs is 3. The number of benzene rings is 3. The smallest absolute Gasteiger partial charge is 0.204 e. The van der Waals surface area contributed by atoms with E-state index in [1.807, 2.05) is 0 Å². The van der Waals surface area contributed by atoms with Gasteiger partial charge < -0.3 is 9.88 Å². The molecule has 1 aliphatic rings. The first-order valence-corrected chi connectivity index (χ1v) is 10.1. The molecule has 0 saturated heterocycles. The summed E-state index contributed by atoms with van der Waals surface area (Å²) >= 11 is 0. The van der Waals surface area contributed by atoms with E-state index in [2.05, 4.69) is 103 Å². The lowest BCUT2D eigenvalue weighted by atomic mass is 9.91. The SMILES string of the molecule is CC(C)c1ccc([C@H]2C[C@H](c3ccccc3)Nc3nc4ccccc4n32)cc1. The normalized spacial score (nSPS) is 18.8. The van der Waals surface area contributed by atoms with Crippen LogP contribution in [0.25, 0.3) is 11.0 Å². The van der Waals surface area contributed by atoms with Crippen molar-refractivity contribution in [3.63, 3.8) is 0 Å². The third-order valence-corrected chi connectivity index (χ3v) is 5.86. The summed E-state index contributed by atoms with van der Waals surface area (Å²) in [4.78, 5) is 4.90. The molecule has 28 heavy (non-hydrogen) atoms. The molecule has 0 radical (unpaired) electrons. The summed E-state index contributed by atoms with van der Waals surface area (Å²) in [6.07, 6.45) is 0.998. The second kappa shape index (κ2) is 6.83. The van der Waals surface area contributed by atoms with E-state index in [1.165, 1.54) is 22.2 Å². The van der Waals surface area contributed by atoms with Gasteiger partial charge in [-0.3, -0.25) is 0 Å². The van der Waals surface area contributed by atoms with Gasteiger partial charge in [0, 0.05) is 0 Å². The number of hydrogen-bond acceptors (Lipinski definition) is 2. The molecule has 1 aromatic heterocycles. The number of hydrogen-bond donors (Lipinski definition) is 1. The van der Waals surface area contributed by atoms with Gasteiger partial charge in [0.1, 0.15) is 0 Å². The fourth-order valence-electron chi connectivity index (χ4n) is 4.30. The van der Waals surface area contributed by atoms with Crippen molar-refractivity contribution in [2.75, 3.05) is 5.32 Å². The van der Waals surface area contributed by atoms with Crippen LogP contribution in [-0.4, -0.2) is 9.55 Å². The Kier molecular flexibility index (Phi) is 4.16. The summed E-state index contributed by atoms with van der Waals surface area (Å²) in [6, 6.07) is 28.8. The standard InChI is InChI=1S/C25H25N3/c1-17(2)18-12-14-20(15-13-18)24-16-22(19-8-4-3-5-9-19)27-25-26-21-10-6-7-11-23(21)28(24)25/h3-15,17,22,24H,16H2,1-2H3,(H,26,27)/t22-,24-/m1/s1. The Morgan fingerprint density at radius 2 is 1.57 bits per heavy atom. The van der Waals surface area contributed by atoms with Crippen LogP contribution in [0.5, 0.6) is 0 Å². The van der Waals surface area contributed by atoms with Crippen molar-refractivity contribution in [2.45, 2.75) is 38.3 Å². The van der Waals surface area contributed by atoms with Crippen LogP contribution in [0, 0.1) is 0 Å². The van der Waals surface area contributed by atoms with Gasteiger partial charge in [-0.25, -0.2) is 4.98 Å². The molecule has 0 spiro atoms. The molecule has 0 fully saturated rings. The highest BCUT2D eigenvalue weighted by Crippen LogP contribution is 2.41. The van der Waals surface area contributed by atoms with Gasteiger partial charge in [-0.1, -0.05) is 80.6 Å². The monoisotopic (exact) mass is 367 g/mol. The molecule has 3 aromatic carbocycles. The van der Waals surface area contributed by atoms with Gasteiger partial charge in [0.15, 0.2) is 0 Å². The average molecular weight is 367 g/mol. The Morgan fingerprint density at radius 3 is 2.32 bits per heavy atom. The zero-order valence-electron chi connectivity index (χ0n) is 16.3. The highest BCUT2D eigenvalue weighted by atomic mass is 15.3. The number of para-hydroxylation sites is 2. The summed E-state index contributed by atoms with van der Waals surface area (Å²) in [7, 11) is 0. The quantitative estimate of drug-likeness (QED) is 0.460. The van der Waals surface area contributed by atoms with Gasteiger partial charge in [0.2, 0.25) is 5.95 Å². The second-order valence-corrected chi connectivity index (χ2v) is 7.97. The summed E-state index contributed by atoms with van der Waals surface area (Å²) in [6.45, 7) is 4.49. The number of rotatable bonds is 3. The molecule has 3 heteroatoms. The first-order valence-electron chi connectivity index (χ1n) is 10.1. The average Bonchev–Trinajstić information content (AvgIpc) is 3.12. The van der Waals surface area contributed by atoms with Crippen LogP contribution < -0.4 is 5.32 Å². The molecule has 1 aliphatic heterocycles. The Labute approximate surface area is 166 Å². The second-order valence-electron chi connectivity index (χ2n) is 7.97. The van der Waals surface area contributed by atoms with Gasteiger partial charge in [0.25, 0.3) is 0 Å². The molecule has 0 saturated carbocycles. The molecule has 0 amide bonds. The van der Waals surface area contributed by atoms with Crippen LogP contribution in [0.3, 0.4) is 0 Å². The van der Waals surface area contributed by atoms with Crippen molar-refractivity contribution < 1.29 is 0 Å². The molecule has 140 valence electrons. The number of nitrogens with one attached hydrogen (secondary N) is 1. The van der Waals surface area contributed by atoms with Crippen molar-refractivity contribution in [3.05, 3.63) is 95.6 Å². The molecule has 2 heterocycles. The van der Waals surface area contributed by atoms with Crippen molar-refractivity contribution >= 4 is 17.0 Å². The minimum Gasteiger partial charge on any atom is -0.349 e. The maximum absolute atomic E-state index is 4.90. The lowest BCUT2D eigenvalue weighted by molar-refractivity contribution is 0.477. The number of anilines is 1. The fourth-order valence-corrected chi connectivity index (χ4v) is 4.30. The van der Waals surface area contributed by atoms with E-state index in [9.17, 15) is 0 Å². The lowest BCUT2D eigenvalue weighted by Gasteiger charge is -2.33. The molecule has 5 rings (SSSR count). The Morgan fingerprint density at radius 1 is 0.857 bits per heavy atom. The summed E-state index contributed by atoms with van der Waals surface area (Å²) in [5.41, 5.74) is 6.27. The fraction of sp³-hybridized carbons (Fsp3) is 0.240. The molecule has 0 unspecified atom stereocenters. The maximum Gasteiger partial charge on any atom is 0.204 e. The summed E-state index contributed by atoms with van der Waals surface area (Å²) in [5.74, 6) is 1.50. The van der Waals surface area contributed by atoms with Crippen LogP contribution in [0.15, 0.2) is 78.9 Å². The van der Waals surface area contributed by atoms with Crippen LogP contribution in [-0.2, 0) is 0 Å². The van der Waals surface area contributed by atoms with Crippen LogP contribution >= 0.6 is 0 Å². The molecule has 0 bridgehead atoms. The highest BCUT2D eigenvalue weighted by Gasteiger charge is 2.30. The minimum absolute atomic E-state index is 0.250. The van der Waals surface area contributed by atoms with Gasteiger partial charge in [0.05, 0.1) is 23.1 Å². The summed E-state index contributed by atoms with van der Waals surface area (Å²) < 4.78 is 2.37. The summed E-state index contributed by atoms with van der Waals surface area (Å²) in [5, 5.41) is 3.68. The number of aromatic nitrogens is 2. The first kappa shape index (κ1) is 17.1. The Hall–Kier alpha value is -3.07. The predicted octanol–water partition coefficient (Wildman–Crippen LogP) is 6.31. The van der Waals surface area contributed by atoms with Crippen molar-refractivity contribution in [1.82, 2.24) is 9.55 Å². The first-order chi connectivity index (χ1) is 13.7. The van der Waals surface area contributed by atoms with Crippen LogP contribution in [0.4, 0.5) is 5.95 Å². The molecule has 2 atom stereocenters. The van der Waals surface area contributed by atoms with Gasteiger partial charge in [-0.05, 0) is 41.2 Å². The van der Waals surface area contributed by atoms with E-state index >= 15 is 0 Å². The molecule has 1 N–H and O–H groups in total. The zero-order valence-corrected chi connectivity index (χ0v) is 16.3. The van der Waals surface area contributed by atoms with Gasteiger partial charge in [-0.2, -0.15) is 0 Å². The van der Waals surface area contributed by atoms with Crippen molar-refractivity contribution in [3.8, 4) is 0 Å². The molecule has 4 aromatic rings. The van der Waals surface area contributed by atoms with Crippen LogP contribution in [0.1, 0.15) is 55.0 Å². The van der Waals surface area contributed by atoms with E-state index in [4.69, 9.17) is 4.98 Å². The maximum atomic E-state index is 4.90. The topological polar surface area (TPSA) is 29.9 Å². The molecular weight excluding hydrogens is 342 g/mol. The number of imidazole rings is 1. The van der Waals surface area contributed by atoms with Crippen molar-refractivity contribution in [1.29, 1.82) is 0 Å². The molecule has 3 nitrogen and oxygen atoms in total. The third-order valence-electron chi connectivity index (χ3n) is 5.86. The minimum atomic E-state index is 0.250. The zero-order chi connectivity index (χ0) is 19.1. The van der Waals surface area contributed by atoms with Crippen molar-refractivity contribution in [2.24, 2.45) is 0 Å². The van der Waals surface area contributed by atoms with Crippen LogP contribution in [0.2, 0.25) is 0 Å². The van der Waals surface area contributed by atoms with Gasteiger partial charge >= 0.3 is 0 Å². The number of nitrogens with zero attached hydrogens (tertiary/aromatic N) is 2. The Bertz CT molecular complexity index is 1090. The largest absolute Gasteiger partial charge is 0.349 e. The highest BCUT2D eigenvalue weighted by molar-refractivity contribution is 5.79. The van der Waals surface area contributed by atoms with E-state index in [1.54, 1.807) is 0 Å². The molecule has 0 aliphatic carbocycles.